The van der Waals surface area contributed by atoms with Gasteiger partial charge in [0.2, 0.25) is 0 Å². The van der Waals surface area contributed by atoms with Crippen LogP contribution in [0.25, 0.3) is 11.1 Å². The van der Waals surface area contributed by atoms with Gasteiger partial charge in [0.15, 0.2) is 5.58 Å². The van der Waals surface area contributed by atoms with Crippen molar-refractivity contribution >= 4 is 17.1 Å². The Bertz CT molecular complexity index is 858. The van der Waals surface area contributed by atoms with Crippen molar-refractivity contribution in [2.24, 2.45) is 0 Å². The van der Waals surface area contributed by atoms with Gasteiger partial charge in [-0.15, -0.1) is 0 Å². The Morgan fingerprint density at radius 3 is 2.59 bits per heavy atom. The van der Waals surface area contributed by atoms with Gasteiger partial charge < -0.3 is 9.15 Å². The first-order valence-corrected chi connectivity index (χ1v) is 7.03. The number of ether oxygens (including phenoxy) is 1. The third kappa shape index (κ3) is 2.65. The number of rotatable bonds is 4. The molecule has 0 N–H and O–H groups in total. The molecule has 0 aliphatic rings. The molecule has 0 bridgehead atoms. The summed E-state index contributed by atoms with van der Waals surface area (Å²) >= 11 is 0. The van der Waals surface area contributed by atoms with E-state index in [1.165, 1.54) is 0 Å². The second-order valence-corrected chi connectivity index (χ2v) is 4.84. The van der Waals surface area contributed by atoms with Crippen molar-refractivity contribution in [2.45, 2.75) is 13.5 Å². The standard InChI is InChI=1S/C17H15NO4/c1-2-21-16(19)13-9-7-12(8-10-13)11-18-14-5-3-4-6-15(14)22-17(18)20/h3-10H,2,11H2,1H3. The largest absolute Gasteiger partial charge is 0.462 e. The number of para-hydroxylation sites is 2. The van der Waals surface area contributed by atoms with Crippen LogP contribution < -0.4 is 5.76 Å². The van der Waals surface area contributed by atoms with Crippen molar-refractivity contribution in [1.82, 2.24) is 4.57 Å². The fraction of sp³-hybridized carbons (Fsp3) is 0.176. The lowest BCUT2D eigenvalue weighted by Gasteiger charge is -2.05. The summed E-state index contributed by atoms with van der Waals surface area (Å²) in [5.41, 5.74) is 2.72. The zero-order valence-corrected chi connectivity index (χ0v) is 12.1. The predicted octanol–water partition coefficient (Wildman–Crippen LogP) is 2.82. The van der Waals surface area contributed by atoms with Crippen LogP contribution in [0.1, 0.15) is 22.8 Å². The van der Waals surface area contributed by atoms with Crippen LogP contribution in [0.3, 0.4) is 0 Å². The quantitative estimate of drug-likeness (QED) is 0.695. The molecule has 3 rings (SSSR count). The Morgan fingerprint density at radius 2 is 1.86 bits per heavy atom. The summed E-state index contributed by atoms with van der Waals surface area (Å²) < 4.78 is 11.7. The molecule has 2 aromatic carbocycles. The molecule has 22 heavy (non-hydrogen) atoms. The minimum Gasteiger partial charge on any atom is -0.462 e. The van der Waals surface area contributed by atoms with Gasteiger partial charge in [-0.05, 0) is 36.8 Å². The molecule has 0 saturated carbocycles. The van der Waals surface area contributed by atoms with E-state index >= 15 is 0 Å². The molecule has 112 valence electrons. The summed E-state index contributed by atoms with van der Waals surface area (Å²) in [6.45, 7) is 2.50. The summed E-state index contributed by atoms with van der Waals surface area (Å²) in [5, 5.41) is 0. The van der Waals surface area contributed by atoms with E-state index in [1.807, 2.05) is 18.2 Å². The highest BCUT2D eigenvalue weighted by Gasteiger charge is 2.10. The number of hydrogen-bond acceptors (Lipinski definition) is 4. The molecule has 1 aromatic heterocycles. The van der Waals surface area contributed by atoms with E-state index in [1.54, 1.807) is 41.8 Å². The number of hydrogen-bond donors (Lipinski definition) is 0. The number of aromatic nitrogens is 1. The molecule has 0 amide bonds. The lowest BCUT2D eigenvalue weighted by molar-refractivity contribution is 0.0526. The van der Waals surface area contributed by atoms with Crippen molar-refractivity contribution in [3.63, 3.8) is 0 Å². The fourth-order valence-corrected chi connectivity index (χ4v) is 2.31. The highest BCUT2D eigenvalue weighted by Crippen LogP contribution is 2.14. The highest BCUT2D eigenvalue weighted by atomic mass is 16.5. The molecule has 0 atom stereocenters. The summed E-state index contributed by atoms with van der Waals surface area (Å²) in [5.74, 6) is -0.740. The summed E-state index contributed by atoms with van der Waals surface area (Å²) in [7, 11) is 0. The van der Waals surface area contributed by atoms with Gasteiger partial charge in [-0.3, -0.25) is 4.57 Å². The smallest absolute Gasteiger partial charge is 0.420 e. The molecule has 1 heterocycles. The number of oxazole rings is 1. The van der Waals surface area contributed by atoms with Crippen LogP contribution in [0, 0.1) is 0 Å². The van der Waals surface area contributed by atoms with Gasteiger partial charge in [0.25, 0.3) is 0 Å². The van der Waals surface area contributed by atoms with E-state index in [-0.39, 0.29) is 5.97 Å². The monoisotopic (exact) mass is 297 g/mol. The maximum Gasteiger partial charge on any atom is 0.420 e. The predicted molar refractivity (Wildman–Crippen MR) is 82.0 cm³/mol. The topological polar surface area (TPSA) is 61.4 Å². The molecule has 0 spiro atoms. The number of nitrogens with zero attached hydrogens (tertiary/aromatic N) is 1. The number of carbonyl (C=O) groups is 1. The Kier molecular flexibility index (Phi) is 3.78. The molecule has 5 nitrogen and oxygen atoms in total. The van der Waals surface area contributed by atoms with Crippen LogP contribution in [0.4, 0.5) is 0 Å². The second kappa shape index (κ2) is 5.89. The van der Waals surface area contributed by atoms with E-state index in [0.717, 1.165) is 11.1 Å². The van der Waals surface area contributed by atoms with Crippen LogP contribution in [-0.2, 0) is 11.3 Å². The SMILES string of the molecule is CCOC(=O)c1ccc(Cn2c(=O)oc3ccccc32)cc1. The number of carbonyl (C=O) groups excluding carboxylic acids is 1. The second-order valence-electron chi connectivity index (χ2n) is 4.84. The maximum absolute atomic E-state index is 11.9. The van der Waals surface area contributed by atoms with Gasteiger partial charge in [-0.25, -0.2) is 9.59 Å². The maximum atomic E-state index is 11.9. The molecular weight excluding hydrogens is 282 g/mol. The first-order chi connectivity index (χ1) is 10.7. The van der Waals surface area contributed by atoms with Crippen LogP contribution >= 0.6 is 0 Å². The zero-order chi connectivity index (χ0) is 15.5. The molecular formula is C17H15NO4. The van der Waals surface area contributed by atoms with E-state index in [2.05, 4.69) is 0 Å². The van der Waals surface area contributed by atoms with Crippen LogP contribution in [0.5, 0.6) is 0 Å². The molecule has 5 heteroatoms. The molecule has 0 fully saturated rings. The summed E-state index contributed by atoms with van der Waals surface area (Å²) in [6, 6.07) is 14.3. The Morgan fingerprint density at radius 1 is 1.14 bits per heavy atom. The Balaban J connectivity index is 1.88. The van der Waals surface area contributed by atoms with E-state index in [0.29, 0.717) is 24.3 Å². The van der Waals surface area contributed by atoms with E-state index < -0.39 is 5.76 Å². The Hall–Kier alpha value is -2.82. The first kappa shape index (κ1) is 14.1. The summed E-state index contributed by atoms with van der Waals surface area (Å²) in [4.78, 5) is 23.5. The summed E-state index contributed by atoms with van der Waals surface area (Å²) in [6.07, 6.45) is 0. The van der Waals surface area contributed by atoms with Crippen LogP contribution in [0.2, 0.25) is 0 Å². The minimum absolute atomic E-state index is 0.344. The zero-order valence-electron chi connectivity index (χ0n) is 12.1. The normalized spacial score (nSPS) is 10.8. The van der Waals surface area contributed by atoms with Gasteiger partial charge in [0.1, 0.15) is 0 Å². The van der Waals surface area contributed by atoms with Crippen molar-refractivity contribution in [1.29, 1.82) is 0 Å². The van der Waals surface area contributed by atoms with Gasteiger partial charge in [-0.2, -0.15) is 0 Å². The Labute approximate surface area is 126 Å². The molecule has 0 aliphatic carbocycles. The van der Waals surface area contributed by atoms with Gasteiger partial charge in [-0.1, -0.05) is 24.3 Å². The molecule has 0 unspecified atom stereocenters. The average Bonchev–Trinajstić information content (AvgIpc) is 2.84. The minimum atomic E-state index is -0.393. The number of benzene rings is 2. The lowest BCUT2D eigenvalue weighted by Crippen LogP contribution is -2.15. The van der Waals surface area contributed by atoms with E-state index in [9.17, 15) is 9.59 Å². The number of fused-ring (bicyclic) bond motifs is 1. The van der Waals surface area contributed by atoms with Gasteiger partial charge in [0.05, 0.1) is 24.2 Å². The van der Waals surface area contributed by atoms with Crippen molar-refractivity contribution in [3.05, 3.63) is 70.2 Å². The van der Waals surface area contributed by atoms with Crippen molar-refractivity contribution < 1.29 is 13.9 Å². The lowest BCUT2D eigenvalue weighted by atomic mass is 10.1. The van der Waals surface area contributed by atoms with Crippen LogP contribution in [0.15, 0.2) is 57.7 Å². The first-order valence-electron chi connectivity index (χ1n) is 7.03. The number of esters is 1. The van der Waals surface area contributed by atoms with Crippen LogP contribution in [-0.4, -0.2) is 17.1 Å². The molecule has 0 radical (unpaired) electrons. The van der Waals surface area contributed by atoms with Gasteiger partial charge in [0, 0.05) is 0 Å². The van der Waals surface area contributed by atoms with Crippen molar-refractivity contribution in [2.75, 3.05) is 6.61 Å². The third-order valence-electron chi connectivity index (χ3n) is 3.38. The fourth-order valence-electron chi connectivity index (χ4n) is 2.31. The third-order valence-corrected chi connectivity index (χ3v) is 3.38. The molecule has 0 saturated heterocycles. The molecule has 0 aliphatic heterocycles. The van der Waals surface area contributed by atoms with Crippen molar-refractivity contribution in [3.8, 4) is 0 Å². The molecule has 3 aromatic rings. The average molecular weight is 297 g/mol. The van der Waals surface area contributed by atoms with E-state index in [4.69, 9.17) is 9.15 Å². The van der Waals surface area contributed by atoms with Gasteiger partial charge >= 0.3 is 11.7 Å². The highest BCUT2D eigenvalue weighted by molar-refractivity contribution is 5.89.